The lowest BCUT2D eigenvalue weighted by atomic mass is 10.1. The molecule has 0 aromatic carbocycles. The van der Waals surface area contributed by atoms with Crippen molar-refractivity contribution in [3.8, 4) is 5.88 Å². The molecule has 0 saturated carbocycles. The molecule has 1 aromatic heterocycles. The van der Waals surface area contributed by atoms with Gasteiger partial charge in [-0.25, -0.2) is 4.98 Å². The van der Waals surface area contributed by atoms with Crippen LogP contribution in [0.1, 0.15) is 52.8 Å². The fourth-order valence-electron chi connectivity index (χ4n) is 1.67. The van der Waals surface area contributed by atoms with Crippen molar-refractivity contribution in [2.24, 2.45) is 5.92 Å². The molecule has 0 aliphatic heterocycles. The highest BCUT2D eigenvalue weighted by atomic mass is 16.5. The van der Waals surface area contributed by atoms with Crippen LogP contribution in [0.5, 0.6) is 5.88 Å². The maximum absolute atomic E-state index is 5.62. The summed E-state index contributed by atoms with van der Waals surface area (Å²) in [5.74, 6) is 3.13. The Morgan fingerprint density at radius 3 is 2.63 bits per heavy atom. The summed E-state index contributed by atoms with van der Waals surface area (Å²) < 4.78 is 5.62. The molecule has 0 saturated heterocycles. The number of aromatic nitrogens is 2. The third-order valence-corrected chi connectivity index (χ3v) is 2.70. The van der Waals surface area contributed by atoms with Crippen LogP contribution in [0, 0.1) is 5.92 Å². The molecule has 4 heteroatoms. The van der Waals surface area contributed by atoms with Crippen LogP contribution in [0.4, 0.5) is 5.82 Å². The van der Waals surface area contributed by atoms with Crippen molar-refractivity contribution in [1.82, 2.24) is 9.97 Å². The first-order chi connectivity index (χ1) is 9.15. The number of rotatable bonds is 9. The molecular weight excluding hydrogens is 238 g/mol. The first kappa shape index (κ1) is 15.7. The second-order valence-electron chi connectivity index (χ2n) is 5.22. The van der Waals surface area contributed by atoms with Crippen molar-refractivity contribution in [3.05, 3.63) is 11.9 Å². The van der Waals surface area contributed by atoms with Gasteiger partial charge in [-0.15, -0.1) is 0 Å². The molecule has 4 nitrogen and oxygen atoms in total. The third-order valence-electron chi connectivity index (χ3n) is 2.70. The van der Waals surface area contributed by atoms with Gasteiger partial charge in [0.2, 0.25) is 5.88 Å². The van der Waals surface area contributed by atoms with Crippen LogP contribution >= 0.6 is 0 Å². The number of ether oxygens (including phenoxy) is 1. The predicted octanol–water partition coefficient (Wildman–Crippen LogP) is 3.68. The van der Waals surface area contributed by atoms with E-state index < -0.39 is 0 Å². The van der Waals surface area contributed by atoms with Crippen LogP contribution < -0.4 is 10.1 Å². The second kappa shape index (κ2) is 8.73. The van der Waals surface area contributed by atoms with E-state index in [0.29, 0.717) is 18.4 Å². The van der Waals surface area contributed by atoms with E-state index in [1.165, 1.54) is 0 Å². The Hall–Kier alpha value is -1.32. The highest BCUT2D eigenvalue weighted by Crippen LogP contribution is 2.15. The number of hydrogen-bond acceptors (Lipinski definition) is 4. The molecule has 1 heterocycles. The molecule has 0 fully saturated rings. The lowest BCUT2D eigenvalue weighted by Gasteiger charge is -2.11. The van der Waals surface area contributed by atoms with Gasteiger partial charge in [-0.05, 0) is 25.2 Å². The van der Waals surface area contributed by atoms with Gasteiger partial charge in [0.15, 0.2) is 0 Å². The zero-order chi connectivity index (χ0) is 14.1. The standard InChI is InChI=1S/C15H27N3O/c1-5-7-13-17-14(16-9-8-12(3)4)11-15(18-13)19-10-6-2/h11-12H,5-10H2,1-4H3,(H,16,17,18). The molecule has 0 unspecified atom stereocenters. The second-order valence-corrected chi connectivity index (χ2v) is 5.22. The minimum absolute atomic E-state index is 0.687. The molecule has 0 bridgehead atoms. The lowest BCUT2D eigenvalue weighted by Crippen LogP contribution is -2.09. The fraction of sp³-hybridized carbons (Fsp3) is 0.733. The van der Waals surface area contributed by atoms with E-state index in [-0.39, 0.29) is 0 Å². The molecule has 0 amide bonds. The van der Waals surface area contributed by atoms with Crippen molar-refractivity contribution < 1.29 is 4.74 Å². The monoisotopic (exact) mass is 265 g/mol. The first-order valence-corrected chi connectivity index (χ1v) is 7.40. The maximum Gasteiger partial charge on any atom is 0.218 e. The largest absolute Gasteiger partial charge is 0.478 e. The summed E-state index contributed by atoms with van der Waals surface area (Å²) in [5, 5.41) is 3.36. The van der Waals surface area contributed by atoms with Gasteiger partial charge >= 0.3 is 0 Å². The van der Waals surface area contributed by atoms with Gasteiger partial charge in [0, 0.05) is 19.0 Å². The van der Waals surface area contributed by atoms with Gasteiger partial charge in [0.1, 0.15) is 11.6 Å². The summed E-state index contributed by atoms with van der Waals surface area (Å²) in [6, 6.07) is 1.90. The number of aryl methyl sites for hydroxylation is 1. The van der Waals surface area contributed by atoms with Crippen molar-refractivity contribution in [2.45, 2.75) is 53.4 Å². The summed E-state index contributed by atoms with van der Waals surface area (Å²) in [7, 11) is 0. The average molecular weight is 265 g/mol. The first-order valence-electron chi connectivity index (χ1n) is 7.40. The van der Waals surface area contributed by atoms with E-state index in [0.717, 1.165) is 43.9 Å². The maximum atomic E-state index is 5.62. The molecular formula is C15H27N3O. The summed E-state index contributed by atoms with van der Waals surface area (Å²) in [6.45, 7) is 10.3. The van der Waals surface area contributed by atoms with Crippen LogP contribution in [0.2, 0.25) is 0 Å². The highest BCUT2D eigenvalue weighted by molar-refractivity contribution is 5.38. The van der Waals surface area contributed by atoms with E-state index in [4.69, 9.17) is 4.74 Å². The van der Waals surface area contributed by atoms with Crippen LogP contribution in [-0.2, 0) is 6.42 Å². The Morgan fingerprint density at radius 1 is 1.21 bits per heavy atom. The summed E-state index contributed by atoms with van der Waals surface area (Å²) >= 11 is 0. The summed E-state index contributed by atoms with van der Waals surface area (Å²) in [6.07, 6.45) is 4.06. The molecule has 19 heavy (non-hydrogen) atoms. The van der Waals surface area contributed by atoms with E-state index in [2.05, 4.69) is 43.0 Å². The Bertz CT molecular complexity index is 366. The third kappa shape index (κ3) is 6.41. The molecule has 0 atom stereocenters. The number of anilines is 1. The Labute approximate surface area is 117 Å². The van der Waals surface area contributed by atoms with E-state index in [1.54, 1.807) is 0 Å². The van der Waals surface area contributed by atoms with Gasteiger partial charge in [-0.3, -0.25) is 0 Å². The van der Waals surface area contributed by atoms with Crippen LogP contribution in [-0.4, -0.2) is 23.1 Å². The number of nitrogens with zero attached hydrogens (tertiary/aromatic N) is 2. The lowest BCUT2D eigenvalue weighted by molar-refractivity contribution is 0.303. The topological polar surface area (TPSA) is 47.0 Å². The predicted molar refractivity (Wildman–Crippen MR) is 79.8 cm³/mol. The van der Waals surface area contributed by atoms with Crippen LogP contribution in [0.3, 0.4) is 0 Å². The molecule has 1 aromatic rings. The van der Waals surface area contributed by atoms with E-state index >= 15 is 0 Å². The SMILES string of the molecule is CCCOc1cc(NCCC(C)C)nc(CCC)n1. The fourth-order valence-corrected chi connectivity index (χ4v) is 1.67. The van der Waals surface area contributed by atoms with Gasteiger partial charge in [0.25, 0.3) is 0 Å². The summed E-state index contributed by atoms with van der Waals surface area (Å²) in [5.41, 5.74) is 0. The Morgan fingerprint density at radius 2 is 2.00 bits per heavy atom. The molecule has 108 valence electrons. The van der Waals surface area contributed by atoms with Crippen molar-refractivity contribution in [1.29, 1.82) is 0 Å². The Balaban J connectivity index is 2.68. The average Bonchev–Trinajstić information content (AvgIpc) is 2.36. The van der Waals surface area contributed by atoms with Gasteiger partial charge < -0.3 is 10.1 Å². The summed E-state index contributed by atoms with van der Waals surface area (Å²) in [4.78, 5) is 8.96. The van der Waals surface area contributed by atoms with Crippen molar-refractivity contribution in [3.63, 3.8) is 0 Å². The molecule has 0 aliphatic rings. The molecule has 0 radical (unpaired) electrons. The normalized spacial score (nSPS) is 10.8. The minimum Gasteiger partial charge on any atom is -0.478 e. The molecule has 0 aliphatic carbocycles. The van der Waals surface area contributed by atoms with Gasteiger partial charge in [-0.1, -0.05) is 27.7 Å². The zero-order valence-corrected chi connectivity index (χ0v) is 12.7. The molecule has 1 rings (SSSR count). The van der Waals surface area contributed by atoms with Gasteiger partial charge in [0.05, 0.1) is 6.61 Å². The van der Waals surface area contributed by atoms with E-state index in [9.17, 15) is 0 Å². The quantitative estimate of drug-likeness (QED) is 0.740. The van der Waals surface area contributed by atoms with E-state index in [1.807, 2.05) is 6.07 Å². The van der Waals surface area contributed by atoms with Gasteiger partial charge in [-0.2, -0.15) is 4.98 Å². The number of nitrogens with one attached hydrogen (secondary N) is 1. The highest BCUT2D eigenvalue weighted by Gasteiger charge is 2.05. The smallest absolute Gasteiger partial charge is 0.218 e. The van der Waals surface area contributed by atoms with Crippen LogP contribution in [0.25, 0.3) is 0 Å². The molecule has 1 N–H and O–H groups in total. The van der Waals surface area contributed by atoms with Crippen LogP contribution in [0.15, 0.2) is 6.07 Å². The Kier molecular flexibility index (Phi) is 7.23. The van der Waals surface area contributed by atoms with Crippen molar-refractivity contribution in [2.75, 3.05) is 18.5 Å². The molecule has 0 spiro atoms. The zero-order valence-electron chi connectivity index (χ0n) is 12.7. The van der Waals surface area contributed by atoms with Crippen molar-refractivity contribution >= 4 is 5.82 Å². The minimum atomic E-state index is 0.687. The number of hydrogen-bond donors (Lipinski definition) is 1.